The molecule has 5 heteroatoms. The zero-order valence-corrected chi connectivity index (χ0v) is 15.1. The molecule has 0 aliphatic carbocycles. The van der Waals surface area contributed by atoms with Crippen LogP contribution in [-0.4, -0.2) is 35.5 Å². The number of anilines is 1. The number of hydrogen-bond donors (Lipinski definition) is 1. The molecule has 0 unspecified atom stereocenters. The average molecular weight is 326 g/mol. The monoisotopic (exact) mass is 326 g/mol. The molecule has 2 aromatic rings. The molecule has 1 N–H and O–H groups in total. The molecule has 0 aliphatic heterocycles. The van der Waals surface area contributed by atoms with Gasteiger partial charge in [0, 0.05) is 31.4 Å². The molecule has 0 spiro atoms. The number of benzene rings is 1. The Morgan fingerprint density at radius 1 is 1.17 bits per heavy atom. The molecule has 0 fully saturated rings. The fourth-order valence-electron chi connectivity index (χ4n) is 2.16. The van der Waals surface area contributed by atoms with E-state index in [1.807, 2.05) is 42.3 Å². The molecule has 24 heavy (non-hydrogen) atoms. The summed E-state index contributed by atoms with van der Waals surface area (Å²) in [4.78, 5) is 23.6. The minimum Gasteiger partial charge on any atom is -0.356 e. The summed E-state index contributed by atoms with van der Waals surface area (Å²) in [6, 6.07) is 10.0. The Balaban J connectivity index is 2.41. The van der Waals surface area contributed by atoms with E-state index in [-0.39, 0.29) is 11.9 Å². The molecule has 0 saturated heterocycles. The zero-order chi connectivity index (χ0) is 17.7. The maximum absolute atomic E-state index is 12.5. The summed E-state index contributed by atoms with van der Waals surface area (Å²) in [6.45, 7) is 8.90. The molecule has 0 saturated carbocycles. The summed E-state index contributed by atoms with van der Waals surface area (Å²) < 4.78 is 0. The molecule has 2 rings (SSSR count). The SMILES string of the molecule is CC(C)CNC(=O)c1cnc(-c2ccccc2)nc1N(C)C(C)C. The van der Waals surface area contributed by atoms with Crippen LogP contribution in [0.4, 0.5) is 5.82 Å². The Morgan fingerprint density at radius 2 is 1.83 bits per heavy atom. The topological polar surface area (TPSA) is 58.1 Å². The molecule has 0 bridgehead atoms. The van der Waals surface area contributed by atoms with Gasteiger partial charge in [-0.25, -0.2) is 9.97 Å². The van der Waals surface area contributed by atoms with Gasteiger partial charge in [-0.05, 0) is 19.8 Å². The first-order valence-electron chi connectivity index (χ1n) is 8.33. The summed E-state index contributed by atoms with van der Waals surface area (Å²) in [7, 11) is 1.95. The summed E-state index contributed by atoms with van der Waals surface area (Å²) in [5.41, 5.74) is 1.44. The number of nitrogens with zero attached hydrogens (tertiary/aromatic N) is 3. The van der Waals surface area contributed by atoms with Gasteiger partial charge in [-0.2, -0.15) is 0 Å². The van der Waals surface area contributed by atoms with E-state index in [1.54, 1.807) is 6.20 Å². The van der Waals surface area contributed by atoms with Crippen LogP contribution in [0, 0.1) is 5.92 Å². The Bertz CT molecular complexity index is 683. The highest BCUT2D eigenvalue weighted by atomic mass is 16.1. The highest BCUT2D eigenvalue weighted by Gasteiger charge is 2.20. The van der Waals surface area contributed by atoms with E-state index in [2.05, 4.69) is 43.0 Å². The van der Waals surface area contributed by atoms with E-state index >= 15 is 0 Å². The number of hydrogen-bond acceptors (Lipinski definition) is 4. The van der Waals surface area contributed by atoms with Crippen molar-refractivity contribution in [3.63, 3.8) is 0 Å². The fraction of sp³-hybridized carbons (Fsp3) is 0.421. The van der Waals surface area contributed by atoms with Gasteiger partial charge in [0.15, 0.2) is 5.82 Å². The molecular formula is C19H26N4O. The summed E-state index contributed by atoms with van der Waals surface area (Å²) in [5, 5.41) is 2.95. The van der Waals surface area contributed by atoms with Gasteiger partial charge in [-0.15, -0.1) is 0 Å². The van der Waals surface area contributed by atoms with Crippen LogP contribution in [0.15, 0.2) is 36.5 Å². The average Bonchev–Trinajstić information content (AvgIpc) is 2.59. The van der Waals surface area contributed by atoms with Crippen LogP contribution in [0.5, 0.6) is 0 Å². The molecule has 5 nitrogen and oxygen atoms in total. The molecule has 0 atom stereocenters. The highest BCUT2D eigenvalue weighted by Crippen LogP contribution is 2.23. The second-order valence-corrected chi connectivity index (χ2v) is 6.61. The normalized spacial score (nSPS) is 11.0. The molecule has 128 valence electrons. The van der Waals surface area contributed by atoms with E-state index in [0.717, 1.165) is 5.56 Å². The quantitative estimate of drug-likeness (QED) is 0.884. The third-order valence-electron chi connectivity index (χ3n) is 3.82. The Hall–Kier alpha value is -2.43. The molecule has 0 aliphatic rings. The summed E-state index contributed by atoms with van der Waals surface area (Å²) in [6.07, 6.45) is 1.62. The molecule has 1 heterocycles. The van der Waals surface area contributed by atoms with Crippen LogP contribution in [0.1, 0.15) is 38.1 Å². The van der Waals surface area contributed by atoms with Crippen molar-refractivity contribution >= 4 is 11.7 Å². The lowest BCUT2D eigenvalue weighted by atomic mass is 10.1. The van der Waals surface area contributed by atoms with Crippen LogP contribution in [0.3, 0.4) is 0 Å². The van der Waals surface area contributed by atoms with Gasteiger partial charge in [0.2, 0.25) is 0 Å². The fourth-order valence-corrected chi connectivity index (χ4v) is 2.16. The lowest BCUT2D eigenvalue weighted by molar-refractivity contribution is 0.0949. The van der Waals surface area contributed by atoms with Crippen molar-refractivity contribution in [1.82, 2.24) is 15.3 Å². The number of rotatable bonds is 6. The predicted molar refractivity (Wildman–Crippen MR) is 98.2 cm³/mol. The maximum Gasteiger partial charge on any atom is 0.256 e. The van der Waals surface area contributed by atoms with Crippen LogP contribution in [0.2, 0.25) is 0 Å². The first kappa shape index (κ1) is 17.9. The second kappa shape index (κ2) is 7.90. The van der Waals surface area contributed by atoms with Crippen LogP contribution in [0.25, 0.3) is 11.4 Å². The highest BCUT2D eigenvalue weighted by molar-refractivity contribution is 5.98. The minimum absolute atomic E-state index is 0.134. The van der Waals surface area contributed by atoms with Crippen molar-refractivity contribution < 1.29 is 4.79 Å². The number of carbonyl (C=O) groups is 1. The summed E-state index contributed by atoms with van der Waals surface area (Å²) in [5.74, 6) is 1.54. The lowest BCUT2D eigenvalue weighted by Gasteiger charge is -2.25. The van der Waals surface area contributed by atoms with Gasteiger partial charge in [0.25, 0.3) is 5.91 Å². The largest absolute Gasteiger partial charge is 0.356 e. The third-order valence-corrected chi connectivity index (χ3v) is 3.82. The molecular weight excluding hydrogens is 300 g/mol. The van der Waals surface area contributed by atoms with Crippen molar-refractivity contribution in [2.24, 2.45) is 5.92 Å². The van der Waals surface area contributed by atoms with Gasteiger partial charge in [0.1, 0.15) is 11.4 Å². The lowest BCUT2D eigenvalue weighted by Crippen LogP contribution is -2.33. The smallest absolute Gasteiger partial charge is 0.256 e. The predicted octanol–water partition coefficient (Wildman–Crippen LogP) is 3.37. The van der Waals surface area contributed by atoms with Gasteiger partial charge >= 0.3 is 0 Å². The van der Waals surface area contributed by atoms with Crippen molar-refractivity contribution in [2.75, 3.05) is 18.5 Å². The van der Waals surface area contributed by atoms with E-state index in [4.69, 9.17) is 0 Å². The summed E-state index contributed by atoms with van der Waals surface area (Å²) >= 11 is 0. The molecule has 1 aromatic carbocycles. The van der Waals surface area contributed by atoms with Crippen LogP contribution in [-0.2, 0) is 0 Å². The number of aromatic nitrogens is 2. The second-order valence-electron chi connectivity index (χ2n) is 6.61. The standard InChI is InChI=1S/C19H26N4O/c1-13(2)11-21-19(24)16-12-20-17(15-9-7-6-8-10-15)22-18(16)23(5)14(3)4/h6-10,12-14H,11H2,1-5H3,(H,21,24). The maximum atomic E-state index is 12.5. The Labute approximate surface area is 144 Å². The van der Waals surface area contributed by atoms with Gasteiger partial charge in [-0.1, -0.05) is 44.2 Å². The first-order chi connectivity index (χ1) is 11.4. The van der Waals surface area contributed by atoms with Crippen LogP contribution < -0.4 is 10.2 Å². The number of carbonyl (C=O) groups excluding carboxylic acids is 1. The molecule has 1 aromatic heterocycles. The molecule has 0 radical (unpaired) electrons. The van der Waals surface area contributed by atoms with Crippen molar-refractivity contribution in [3.05, 3.63) is 42.1 Å². The van der Waals surface area contributed by atoms with Crippen molar-refractivity contribution in [2.45, 2.75) is 33.7 Å². The van der Waals surface area contributed by atoms with Gasteiger partial charge in [-0.3, -0.25) is 4.79 Å². The van der Waals surface area contributed by atoms with Gasteiger partial charge in [0.05, 0.1) is 0 Å². The van der Waals surface area contributed by atoms with E-state index in [9.17, 15) is 4.79 Å². The number of amides is 1. The van der Waals surface area contributed by atoms with Crippen molar-refractivity contribution in [1.29, 1.82) is 0 Å². The third kappa shape index (κ3) is 4.31. The Kier molecular flexibility index (Phi) is 5.90. The van der Waals surface area contributed by atoms with Crippen LogP contribution >= 0.6 is 0 Å². The number of nitrogens with one attached hydrogen (secondary N) is 1. The first-order valence-corrected chi connectivity index (χ1v) is 8.33. The Morgan fingerprint density at radius 3 is 2.42 bits per heavy atom. The van der Waals surface area contributed by atoms with Crippen molar-refractivity contribution in [3.8, 4) is 11.4 Å². The zero-order valence-electron chi connectivity index (χ0n) is 15.1. The molecule has 1 amide bonds. The van der Waals surface area contributed by atoms with Gasteiger partial charge < -0.3 is 10.2 Å². The minimum atomic E-state index is -0.134. The van der Waals surface area contributed by atoms with E-state index < -0.39 is 0 Å². The van der Waals surface area contributed by atoms with E-state index in [1.165, 1.54) is 0 Å². The van der Waals surface area contributed by atoms with E-state index in [0.29, 0.717) is 29.7 Å².